The molecule has 5 heteroatoms. The average Bonchev–Trinajstić information content (AvgIpc) is 2.46. The van der Waals surface area contributed by atoms with Crippen LogP contribution in [0.25, 0.3) is 0 Å². The van der Waals surface area contributed by atoms with Crippen LogP contribution in [0.5, 0.6) is 0 Å². The van der Waals surface area contributed by atoms with Crippen LogP contribution in [0.3, 0.4) is 0 Å². The number of hydrogen-bond donors (Lipinski definition) is 1. The summed E-state index contributed by atoms with van der Waals surface area (Å²) in [5.41, 5.74) is 0.370. The maximum Gasteiger partial charge on any atom is 0.158 e. The molecular weight excluding hydrogens is 238 g/mol. The van der Waals surface area contributed by atoms with Crippen LogP contribution >= 0.6 is 0 Å². The largest absolute Gasteiger partial charge is 0.353 e. The molecule has 0 unspecified atom stereocenters. The van der Waals surface area contributed by atoms with Gasteiger partial charge in [0.25, 0.3) is 0 Å². The average molecular weight is 259 g/mol. The first-order valence-corrected chi connectivity index (χ1v) is 6.90. The summed E-state index contributed by atoms with van der Waals surface area (Å²) in [7, 11) is 0. The van der Waals surface area contributed by atoms with Crippen molar-refractivity contribution in [2.75, 3.05) is 24.5 Å². The highest BCUT2D eigenvalue weighted by Gasteiger charge is 2.20. The summed E-state index contributed by atoms with van der Waals surface area (Å²) in [6.45, 7) is 7.56. The molecule has 1 N–H and O–H groups in total. The van der Waals surface area contributed by atoms with Crippen molar-refractivity contribution in [1.82, 2.24) is 15.3 Å². The number of rotatable bonds is 4. The van der Waals surface area contributed by atoms with E-state index in [1.54, 1.807) is 12.4 Å². The Hall–Kier alpha value is -1.67. The van der Waals surface area contributed by atoms with Gasteiger partial charge >= 0.3 is 0 Å². The lowest BCUT2D eigenvalue weighted by Crippen LogP contribution is -2.40. The van der Waals surface area contributed by atoms with Crippen LogP contribution in [0.15, 0.2) is 12.4 Å². The molecule has 1 fully saturated rings. The fraction of sp³-hybridized carbons (Fsp3) is 0.643. The Morgan fingerprint density at radius 2 is 2.11 bits per heavy atom. The molecule has 0 saturated carbocycles. The quantitative estimate of drug-likeness (QED) is 0.889. The predicted molar refractivity (Wildman–Crippen MR) is 74.8 cm³/mol. The van der Waals surface area contributed by atoms with Crippen molar-refractivity contribution in [2.45, 2.75) is 32.7 Å². The first kappa shape index (κ1) is 13.8. The van der Waals surface area contributed by atoms with E-state index in [4.69, 9.17) is 5.26 Å². The number of aromatic nitrogens is 2. The van der Waals surface area contributed by atoms with Crippen molar-refractivity contribution >= 4 is 5.82 Å². The summed E-state index contributed by atoms with van der Waals surface area (Å²) in [4.78, 5) is 10.8. The van der Waals surface area contributed by atoms with Crippen LogP contribution in [-0.2, 0) is 0 Å². The van der Waals surface area contributed by atoms with Gasteiger partial charge in [-0.25, -0.2) is 9.97 Å². The highest BCUT2D eigenvalue weighted by molar-refractivity contribution is 5.38. The number of piperidine rings is 1. The van der Waals surface area contributed by atoms with Crippen molar-refractivity contribution in [3.05, 3.63) is 18.1 Å². The molecule has 19 heavy (non-hydrogen) atoms. The summed E-state index contributed by atoms with van der Waals surface area (Å²) >= 11 is 0. The monoisotopic (exact) mass is 259 g/mol. The smallest absolute Gasteiger partial charge is 0.158 e. The van der Waals surface area contributed by atoms with Gasteiger partial charge in [0.05, 0.1) is 12.4 Å². The van der Waals surface area contributed by atoms with Crippen molar-refractivity contribution in [1.29, 1.82) is 5.26 Å². The van der Waals surface area contributed by atoms with E-state index in [1.165, 1.54) is 12.8 Å². The standard InChI is InChI=1S/C14H21N5/c1-11(2)19(10-12-3-5-16-6-4-12)14-9-17-13(7-15)8-18-14/h8-9,11-12,16H,3-6,10H2,1-2H3. The molecule has 0 bridgehead atoms. The maximum absolute atomic E-state index is 8.76. The third-order valence-corrected chi connectivity index (χ3v) is 3.58. The van der Waals surface area contributed by atoms with E-state index < -0.39 is 0 Å². The molecule has 2 heterocycles. The molecule has 0 spiro atoms. The van der Waals surface area contributed by atoms with Gasteiger partial charge in [-0.3, -0.25) is 0 Å². The first-order chi connectivity index (χ1) is 9.20. The van der Waals surface area contributed by atoms with Crippen LogP contribution < -0.4 is 10.2 Å². The fourth-order valence-electron chi connectivity index (χ4n) is 2.44. The third kappa shape index (κ3) is 3.65. The van der Waals surface area contributed by atoms with Crippen molar-refractivity contribution < 1.29 is 0 Å². The lowest BCUT2D eigenvalue weighted by atomic mass is 9.97. The van der Waals surface area contributed by atoms with E-state index >= 15 is 0 Å². The van der Waals surface area contributed by atoms with Crippen molar-refractivity contribution in [3.8, 4) is 6.07 Å². The second kappa shape index (κ2) is 6.48. The molecule has 2 rings (SSSR count). The van der Waals surface area contributed by atoms with Crippen LogP contribution in [0.1, 0.15) is 32.4 Å². The second-order valence-corrected chi connectivity index (χ2v) is 5.31. The zero-order valence-corrected chi connectivity index (χ0v) is 11.6. The van der Waals surface area contributed by atoms with Gasteiger partial charge < -0.3 is 10.2 Å². The minimum absolute atomic E-state index is 0.370. The SMILES string of the molecule is CC(C)N(CC1CCNCC1)c1cnc(C#N)cn1. The first-order valence-electron chi connectivity index (χ1n) is 6.90. The molecule has 1 aromatic heterocycles. The van der Waals surface area contributed by atoms with Crippen LogP contribution in [0, 0.1) is 17.2 Å². The molecule has 102 valence electrons. The van der Waals surface area contributed by atoms with Crippen LogP contribution in [0.4, 0.5) is 5.82 Å². The maximum atomic E-state index is 8.76. The van der Waals surface area contributed by atoms with E-state index in [1.807, 2.05) is 6.07 Å². The van der Waals surface area contributed by atoms with E-state index in [9.17, 15) is 0 Å². The third-order valence-electron chi connectivity index (χ3n) is 3.58. The molecule has 1 aromatic rings. The lowest BCUT2D eigenvalue weighted by molar-refractivity contribution is 0.367. The number of nitrogens with one attached hydrogen (secondary N) is 1. The van der Waals surface area contributed by atoms with E-state index in [0.29, 0.717) is 17.7 Å². The van der Waals surface area contributed by atoms with E-state index in [-0.39, 0.29) is 0 Å². The molecule has 0 amide bonds. The van der Waals surface area contributed by atoms with Gasteiger partial charge in [-0.1, -0.05) is 0 Å². The molecule has 0 radical (unpaired) electrons. The van der Waals surface area contributed by atoms with Gasteiger partial charge in [0.15, 0.2) is 5.69 Å². The van der Waals surface area contributed by atoms with Gasteiger partial charge in [-0.05, 0) is 45.7 Å². The molecule has 1 aliphatic rings. The molecule has 0 aliphatic carbocycles. The van der Waals surface area contributed by atoms with Gasteiger partial charge in [-0.15, -0.1) is 0 Å². The Bertz CT molecular complexity index is 428. The highest BCUT2D eigenvalue weighted by Crippen LogP contribution is 2.19. The molecule has 0 aromatic carbocycles. The second-order valence-electron chi connectivity index (χ2n) is 5.31. The number of hydrogen-bond acceptors (Lipinski definition) is 5. The van der Waals surface area contributed by atoms with Gasteiger partial charge in [-0.2, -0.15) is 5.26 Å². The minimum Gasteiger partial charge on any atom is -0.353 e. The van der Waals surface area contributed by atoms with Gasteiger partial charge in [0.1, 0.15) is 11.9 Å². The summed E-state index contributed by atoms with van der Waals surface area (Å²) in [6, 6.07) is 2.39. The molecular formula is C14H21N5. The predicted octanol–water partition coefficient (Wildman–Crippen LogP) is 1.56. The van der Waals surface area contributed by atoms with Crippen LogP contribution in [-0.4, -0.2) is 35.6 Å². The topological polar surface area (TPSA) is 64.8 Å². The summed E-state index contributed by atoms with van der Waals surface area (Å²) in [5.74, 6) is 1.58. The number of nitriles is 1. The molecule has 5 nitrogen and oxygen atoms in total. The fourth-order valence-corrected chi connectivity index (χ4v) is 2.44. The molecule has 1 aliphatic heterocycles. The summed E-state index contributed by atoms with van der Waals surface area (Å²) < 4.78 is 0. The van der Waals surface area contributed by atoms with E-state index in [2.05, 4.69) is 34.0 Å². The highest BCUT2D eigenvalue weighted by atomic mass is 15.2. The normalized spacial score (nSPS) is 16.3. The van der Waals surface area contributed by atoms with Gasteiger partial charge in [0.2, 0.25) is 0 Å². The Morgan fingerprint density at radius 3 is 2.63 bits per heavy atom. The number of nitrogens with zero attached hydrogens (tertiary/aromatic N) is 4. The Balaban J connectivity index is 2.07. The summed E-state index contributed by atoms with van der Waals surface area (Å²) in [6.07, 6.45) is 5.69. The number of anilines is 1. The van der Waals surface area contributed by atoms with Gasteiger partial charge in [0, 0.05) is 12.6 Å². The summed E-state index contributed by atoms with van der Waals surface area (Å²) in [5, 5.41) is 12.2. The zero-order valence-electron chi connectivity index (χ0n) is 11.6. The van der Waals surface area contributed by atoms with Crippen LogP contribution in [0.2, 0.25) is 0 Å². The van der Waals surface area contributed by atoms with Crippen molar-refractivity contribution in [2.24, 2.45) is 5.92 Å². The Morgan fingerprint density at radius 1 is 1.37 bits per heavy atom. The molecule has 0 atom stereocenters. The Kier molecular flexibility index (Phi) is 4.69. The van der Waals surface area contributed by atoms with Crippen molar-refractivity contribution in [3.63, 3.8) is 0 Å². The Labute approximate surface area is 114 Å². The minimum atomic E-state index is 0.370. The lowest BCUT2D eigenvalue weighted by Gasteiger charge is -2.33. The molecule has 1 saturated heterocycles. The van der Waals surface area contributed by atoms with E-state index in [0.717, 1.165) is 25.5 Å². The zero-order chi connectivity index (χ0) is 13.7.